The van der Waals surface area contributed by atoms with Gasteiger partial charge in [0.25, 0.3) is 0 Å². The molecule has 24 heavy (non-hydrogen) atoms. The molecule has 0 saturated carbocycles. The van der Waals surface area contributed by atoms with Crippen LogP contribution in [-0.4, -0.2) is 5.97 Å². The fraction of sp³-hybridized carbons (Fsp3) is 0.250. The Bertz CT molecular complexity index is 859. The van der Waals surface area contributed by atoms with Crippen LogP contribution in [0.3, 0.4) is 0 Å². The molecular weight excluding hydrogens is 322 g/mol. The van der Waals surface area contributed by atoms with Crippen LogP contribution in [0.4, 0.5) is 5.69 Å². The summed E-state index contributed by atoms with van der Waals surface area (Å²) in [5.74, 6) is -0.440. The fourth-order valence-corrected chi connectivity index (χ4v) is 4.26. The van der Waals surface area contributed by atoms with Crippen molar-refractivity contribution in [2.45, 2.75) is 25.3 Å². The second-order valence-corrected chi connectivity index (χ2v) is 6.96. The Morgan fingerprint density at radius 1 is 1.29 bits per heavy atom. The second kappa shape index (κ2) is 5.67. The maximum Gasteiger partial charge on any atom is 0.0718 e. The van der Waals surface area contributed by atoms with Crippen molar-refractivity contribution < 1.29 is 9.90 Å². The average molecular weight is 339 g/mol. The van der Waals surface area contributed by atoms with Gasteiger partial charge in [0.1, 0.15) is 0 Å². The highest BCUT2D eigenvalue weighted by Crippen LogP contribution is 2.51. The van der Waals surface area contributed by atoms with E-state index in [0.717, 1.165) is 28.8 Å². The Balaban J connectivity index is 1.85. The minimum absolute atomic E-state index is 0.104. The van der Waals surface area contributed by atoms with E-state index in [9.17, 15) is 9.90 Å². The summed E-state index contributed by atoms with van der Waals surface area (Å²) < 4.78 is 0. The van der Waals surface area contributed by atoms with Gasteiger partial charge in [-0.3, -0.25) is 0 Å². The molecular formula is C20H17ClNO2-. The van der Waals surface area contributed by atoms with Crippen molar-refractivity contribution in [3.63, 3.8) is 0 Å². The number of anilines is 1. The van der Waals surface area contributed by atoms with E-state index in [1.165, 1.54) is 0 Å². The first kappa shape index (κ1) is 15.3. The SMILES string of the molecule is Cc1c(C(=O)[O-])ccc2c1NC(c1cccc(Cl)c1)C1CC=CC21. The van der Waals surface area contributed by atoms with Crippen molar-refractivity contribution in [3.8, 4) is 0 Å². The van der Waals surface area contributed by atoms with Gasteiger partial charge in [0.15, 0.2) is 0 Å². The average Bonchev–Trinajstić information content (AvgIpc) is 3.04. The number of fused-ring (bicyclic) bond motifs is 3. The van der Waals surface area contributed by atoms with Crippen LogP contribution in [0.25, 0.3) is 0 Å². The van der Waals surface area contributed by atoms with Crippen LogP contribution in [0.1, 0.15) is 45.4 Å². The molecule has 0 amide bonds. The van der Waals surface area contributed by atoms with Crippen molar-refractivity contribution in [1.82, 2.24) is 0 Å². The number of carbonyl (C=O) groups excluding carboxylic acids is 1. The van der Waals surface area contributed by atoms with Gasteiger partial charge in [-0.25, -0.2) is 0 Å². The summed E-state index contributed by atoms with van der Waals surface area (Å²) in [5, 5.41) is 15.7. The molecule has 3 unspecified atom stereocenters. The maximum absolute atomic E-state index is 11.4. The molecule has 4 rings (SSSR count). The van der Waals surface area contributed by atoms with Gasteiger partial charge in [0.2, 0.25) is 0 Å². The van der Waals surface area contributed by atoms with E-state index in [0.29, 0.717) is 16.9 Å². The molecule has 0 fully saturated rings. The van der Waals surface area contributed by atoms with Crippen LogP contribution in [0.2, 0.25) is 5.02 Å². The quantitative estimate of drug-likeness (QED) is 0.846. The molecule has 0 saturated heterocycles. The van der Waals surface area contributed by atoms with Gasteiger partial charge in [-0.15, -0.1) is 0 Å². The van der Waals surface area contributed by atoms with Gasteiger partial charge in [-0.05, 0) is 48.1 Å². The largest absolute Gasteiger partial charge is 0.545 e. The number of halogens is 1. The molecule has 4 heteroatoms. The molecule has 1 heterocycles. The Hall–Kier alpha value is -2.26. The number of carbonyl (C=O) groups is 1. The van der Waals surface area contributed by atoms with Crippen LogP contribution in [0.15, 0.2) is 48.6 Å². The fourth-order valence-electron chi connectivity index (χ4n) is 4.07. The number of benzene rings is 2. The van der Waals surface area contributed by atoms with Gasteiger partial charge in [0, 0.05) is 22.2 Å². The molecule has 3 atom stereocenters. The van der Waals surface area contributed by atoms with Crippen LogP contribution in [-0.2, 0) is 0 Å². The highest BCUT2D eigenvalue weighted by atomic mass is 35.5. The van der Waals surface area contributed by atoms with Crippen molar-refractivity contribution >= 4 is 23.3 Å². The number of hydrogen-bond acceptors (Lipinski definition) is 3. The summed E-state index contributed by atoms with van der Waals surface area (Å²) in [7, 11) is 0. The van der Waals surface area contributed by atoms with Crippen LogP contribution < -0.4 is 10.4 Å². The Labute approximate surface area is 146 Å². The highest BCUT2D eigenvalue weighted by molar-refractivity contribution is 6.30. The van der Waals surface area contributed by atoms with Gasteiger partial charge < -0.3 is 15.2 Å². The van der Waals surface area contributed by atoms with Crippen LogP contribution in [0, 0.1) is 12.8 Å². The number of carboxylic acid groups (broad SMARTS) is 1. The number of nitrogens with one attached hydrogen (secondary N) is 1. The van der Waals surface area contributed by atoms with Gasteiger partial charge >= 0.3 is 0 Å². The predicted molar refractivity (Wildman–Crippen MR) is 93.3 cm³/mol. The lowest BCUT2D eigenvalue weighted by atomic mass is 9.76. The van der Waals surface area contributed by atoms with Gasteiger partial charge in [-0.2, -0.15) is 0 Å². The second-order valence-electron chi connectivity index (χ2n) is 6.52. The minimum Gasteiger partial charge on any atom is -0.545 e. The first-order valence-electron chi connectivity index (χ1n) is 8.10. The molecule has 2 aliphatic rings. The first-order chi connectivity index (χ1) is 11.6. The molecule has 122 valence electrons. The third-order valence-electron chi connectivity index (χ3n) is 5.22. The van der Waals surface area contributed by atoms with Crippen molar-refractivity contribution in [3.05, 3.63) is 75.8 Å². The third kappa shape index (κ3) is 2.31. The summed E-state index contributed by atoms with van der Waals surface area (Å²) in [4.78, 5) is 11.4. The zero-order valence-electron chi connectivity index (χ0n) is 13.3. The molecule has 3 nitrogen and oxygen atoms in total. The molecule has 1 aliphatic heterocycles. The smallest absolute Gasteiger partial charge is 0.0718 e. The molecule has 2 aromatic carbocycles. The monoisotopic (exact) mass is 338 g/mol. The standard InChI is InChI=1S/C20H18ClNO2/c1-11-14(20(23)24)8-9-17-15-6-3-7-16(15)19(22-18(11)17)12-4-2-5-13(21)10-12/h2-6,8-10,15-16,19,22H,7H2,1H3,(H,23,24)/p-1. The van der Waals surface area contributed by atoms with Crippen molar-refractivity contribution in [1.29, 1.82) is 0 Å². The Kier molecular flexibility index (Phi) is 3.61. The number of allylic oxidation sites excluding steroid dienone is 2. The van der Waals surface area contributed by atoms with Crippen molar-refractivity contribution in [2.75, 3.05) is 5.32 Å². The molecule has 0 bridgehead atoms. The van der Waals surface area contributed by atoms with E-state index in [1.807, 2.05) is 31.2 Å². The molecule has 1 aliphatic carbocycles. The highest BCUT2D eigenvalue weighted by Gasteiger charge is 2.38. The summed E-state index contributed by atoms with van der Waals surface area (Å²) in [5.41, 5.74) is 4.18. The lowest BCUT2D eigenvalue weighted by molar-refractivity contribution is -0.255. The number of aromatic carboxylic acids is 1. The van der Waals surface area contributed by atoms with E-state index in [-0.39, 0.29) is 11.6 Å². The summed E-state index contributed by atoms with van der Waals surface area (Å²) in [6, 6.07) is 11.6. The maximum atomic E-state index is 11.4. The lowest BCUT2D eigenvalue weighted by Crippen LogP contribution is -2.31. The normalized spacial score (nSPS) is 24.2. The van der Waals surface area contributed by atoms with Crippen LogP contribution in [0.5, 0.6) is 0 Å². The molecule has 2 aromatic rings. The van der Waals surface area contributed by atoms with Crippen molar-refractivity contribution in [2.24, 2.45) is 5.92 Å². The zero-order chi connectivity index (χ0) is 16.8. The van der Waals surface area contributed by atoms with Gasteiger partial charge in [-0.1, -0.05) is 48.0 Å². The number of rotatable bonds is 2. The molecule has 0 radical (unpaired) electrons. The third-order valence-corrected chi connectivity index (χ3v) is 5.46. The van der Waals surface area contributed by atoms with Crippen LogP contribution >= 0.6 is 11.6 Å². The predicted octanol–water partition coefficient (Wildman–Crippen LogP) is 3.84. The zero-order valence-corrected chi connectivity index (χ0v) is 14.0. The molecule has 0 spiro atoms. The minimum atomic E-state index is -1.14. The summed E-state index contributed by atoms with van der Waals surface area (Å²) in [6.07, 6.45) is 5.45. The Morgan fingerprint density at radius 2 is 2.12 bits per heavy atom. The molecule has 1 N–H and O–H groups in total. The summed E-state index contributed by atoms with van der Waals surface area (Å²) in [6.45, 7) is 1.84. The van der Waals surface area contributed by atoms with E-state index < -0.39 is 5.97 Å². The van der Waals surface area contributed by atoms with E-state index >= 15 is 0 Å². The van der Waals surface area contributed by atoms with E-state index in [1.54, 1.807) is 6.07 Å². The number of carboxylic acids is 1. The first-order valence-corrected chi connectivity index (χ1v) is 8.47. The Morgan fingerprint density at radius 3 is 2.88 bits per heavy atom. The summed E-state index contributed by atoms with van der Waals surface area (Å²) >= 11 is 6.18. The lowest BCUT2D eigenvalue weighted by Gasteiger charge is -2.39. The number of hydrogen-bond donors (Lipinski definition) is 1. The van der Waals surface area contributed by atoms with E-state index in [2.05, 4.69) is 23.5 Å². The molecule has 0 aromatic heterocycles. The van der Waals surface area contributed by atoms with Gasteiger partial charge in [0.05, 0.1) is 12.0 Å². The topological polar surface area (TPSA) is 52.2 Å². The van der Waals surface area contributed by atoms with E-state index in [4.69, 9.17) is 11.6 Å².